The van der Waals surface area contributed by atoms with Crippen LogP contribution in [0.4, 0.5) is 18.9 Å². The molecule has 0 saturated carbocycles. The normalized spacial score (nSPS) is 12.4. The maximum absolute atomic E-state index is 12.4. The number of aryl methyl sites for hydroxylation is 2. The first-order chi connectivity index (χ1) is 18.2. The van der Waals surface area contributed by atoms with Gasteiger partial charge in [-0.05, 0) is 79.2 Å². The van der Waals surface area contributed by atoms with E-state index in [2.05, 4.69) is 25.6 Å². The van der Waals surface area contributed by atoms with Crippen LogP contribution in [0.3, 0.4) is 0 Å². The molecule has 4 aromatic rings. The average molecular weight is 538 g/mol. The summed E-state index contributed by atoms with van der Waals surface area (Å²) in [5.41, 5.74) is 9.71. The van der Waals surface area contributed by atoms with Gasteiger partial charge in [0.1, 0.15) is 24.4 Å². The molecule has 7 nitrogen and oxygen atoms in total. The van der Waals surface area contributed by atoms with Gasteiger partial charge in [-0.2, -0.15) is 5.10 Å². The maximum atomic E-state index is 12.4. The van der Waals surface area contributed by atoms with E-state index < -0.39 is 6.36 Å². The number of ether oxygens (including phenoxy) is 2. The van der Waals surface area contributed by atoms with Gasteiger partial charge < -0.3 is 14.8 Å². The van der Waals surface area contributed by atoms with Crippen LogP contribution in [0.2, 0.25) is 0 Å². The van der Waals surface area contributed by atoms with Crippen molar-refractivity contribution in [2.45, 2.75) is 26.8 Å². The van der Waals surface area contributed by atoms with E-state index in [1.54, 1.807) is 17.1 Å². The Balaban J connectivity index is 1.28. The van der Waals surface area contributed by atoms with E-state index in [4.69, 9.17) is 17.0 Å². The van der Waals surface area contributed by atoms with Gasteiger partial charge in [0.15, 0.2) is 5.11 Å². The van der Waals surface area contributed by atoms with Crippen molar-refractivity contribution < 1.29 is 22.6 Å². The Bertz CT molecular complexity index is 1510. The number of hydrogen-bond acceptors (Lipinski definition) is 5. The maximum Gasteiger partial charge on any atom is 0.573 e. The van der Waals surface area contributed by atoms with Crippen LogP contribution in [0.5, 0.6) is 11.5 Å². The quantitative estimate of drug-likeness (QED) is 0.178. The van der Waals surface area contributed by atoms with E-state index in [-0.39, 0.29) is 12.4 Å². The van der Waals surface area contributed by atoms with Crippen molar-refractivity contribution in [2.24, 2.45) is 5.10 Å². The molecule has 0 aliphatic carbocycles. The molecule has 2 heterocycles. The lowest BCUT2D eigenvalue weighted by atomic mass is 10.0. The van der Waals surface area contributed by atoms with Crippen molar-refractivity contribution in [1.82, 2.24) is 15.0 Å². The number of thiocarbonyl (C=S) groups is 1. The summed E-state index contributed by atoms with van der Waals surface area (Å²) >= 11 is 5.36. The average Bonchev–Trinajstić information content (AvgIpc) is 3.30. The number of para-hydroxylation sites is 1. The number of rotatable bonds is 5. The van der Waals surface area contributed by atoms with Crippen molar-refractivity contribution in [2.75, 3.05) is 5.32 Å². The number of imidazole rings is 1. The number of alkyl halides is 3. The number of nitrogens with zero attached hydrogens (tertiary/aromatic N) is 3. The third-order valence-electron chi connectivity index (χ3n) is 5.94. The lowest BCUT2D eigenvalue weighted by Crippen LogP contribution is -2.24. The summed E-state index contributed by atoms with van der Waals surface area (Å²) in [4.78, 5) is 4.53. The number of halogens is 3. The van der Waals surface area contributed by atoms with E-state index in [0.717, 1.165) is 39.3 Å². The topological polar surface area (TPSA) is 72.7 Å². The number of benzene rings is 3. The monoisotopic (exact) mass is 537 g/mol. The van der Waals surface area contributed by atoms with Gasteiger partial charge in [-0.1, -0.05) is 24.3 Å². The zero-order chi connectivity index (χ0) is 26.9. The molecule has 2 N–H and O–H groups in total. The van der Waals surface area contributed by atoms with Crippen LogP contribution in [-0.2, 0) is 6.61 Å². The van der Waals surface area contributed by atoms with Crippen molar-refractivity contribution in [3.05, 3.63) is 89.4 Å². The third kappa shape index (κ3) is 5.47. The highest BCUT2D eigenvalue weighted by Gasteiger charge is 2.31. The van der Waals surface area contributed by atoms with Crippen LogP contribution in [0.25, 0.3) is 16.9 Å². The summed E-state index contributed by atoms with van der Waals surface area (Å²) in [6.45, 7) is 4.25. The van der Waals surface area contributed by atoms with Gasteiger partial charge in [0.2, 0.25) is 0 Å². The summed E-state index contributed by atoms with van der Waals surface area (Å²) in [7, 11) is 0. The Labute approximate surface area is 221 Å². The molecule has 3 aromatic carbocycles. The van der Waals surface area contributed by atoms with E-state index in [9.17, 15) is 13.2 Å². The minimum atomic E-state index is -4.74. The van der Waals surface area contributed by atoms with Crippen molar-refractivity contribution in [1.29, 1.82) is 0 Å². The van der Waals surface area contributed by atoms with Crippen LogP contribution < -0.4 is 20.2 Å². The minimum Gasteiger partial charge on any atom is -0.487 e. The van der Waals surface area contributed by atoms with Crippen LogP contribution in [0.1, 0.15) is 22.4 Å². The molecule has 11 heteroatoms. The fraction of sp³-hybridized carbons (Fsp3) is 0.148. The number of anilines is 1. The fourth-order valence-electron chi connectivity index (χ4n) is 4.17. The number of fused-ring (bicyclic) bond motifs is 3. The molecular weight excluding hydrogens is 515 g/mol. The largest absolute Gasteiger partial charge is 0.573 e. The van der Waals surface area contributed by atoms with Crippen LogP contribution in [0.15, 0.2) is 72.1 Å². The Morgan fingerprint density at radius 1 is 1.11 bits per heavy atom. The molecule has 0 fully saturated rings. The first-order valence-electron chi connectivity index (χ1n) is 11.5. The molecule has 0 spiro atoms. The zero-order valence-corrected chi connectivity index (χ0v) is 21.2. The lowest BCUT2D eigenvalue weighted by molar-refractivity contribution is -0.274. The summed E-state index contributed by atoms with van der Waals surface area (Å²) in [5, 5.41) is 7.77. The molecule has 1 aliphatic rings. The third-order valence-corrected chi connectivity index (χ3v) is 6.13. The fourth-order valence-corrected chi connectivity index (χ4v) is 4.32. The second-order valence-electron chi connectivity index (χ2n) is 8.59. The van der Waals surface area contributed by atoms with Gasteiger partial charge in [0.25, 0.3) is 0 Å². The molecular formula is C27H22F3N5O2S. The van der Waals surface area contributed by atoms with Gasteiger partial charge >= 0.3 is 6.36 Å². The second-order valence-corrected chi connectivity index (χ2v) is 9.00. The molecule has 0 bridgehead atoms. The van der Waals surface area contributed by atoms with E-state index in [1.807, 2.05) is 50.2 Å². The molecule has 38 heavy (non-hydrogen) atoms. The van der Waals surface area contributed by atoms with Crippen LogP contribution in [-0.4, -0.2) is 27.2 Å². The Morgan fingerprint density at radius 3 is 2.55 bits per heavy atom. The van der Waals surface area contributed by atoms with E-state index >= 15 is 0 Å². The van der Waals surface area contributed by atoms with Gasteiger partial charge in [-0.25, -0.2) is 4.98 Å². The molecule has 1 aliphatic heterocycles. The summed E-state index contributed by atoms with van der Waals surface area (Å²) in [6, 6.07) is 17.2. The highest BCUT2D eigenvalue weighted by atomic mass is 32.1. The smallest absolute Gasteiger partial charge is 0.487 e. The number of hydrogen-bond donors (Lipinski definition) is 2. The number of hydrazone groups is 1. The summed E-state index contributed by atoms with van der Waals surface area (Å²) < 4.78 is 49.0. The first-order valence-corrected chi connectivity index (χ1v) is 11.9. The van der Waals surface area contributed by atoms with Crippen LogP contribution >= 0.6 is 12.2 Å². The molecule has 0 amide bonds. The van der Waals surface area contributed by atoms with Gasteiger partial charge in [0.05, 0.1) is 17.6 Å². The molecule has 5 rings (SSSR count). The van der Waals surface area contributed by atoms with Gasteiger partial charge in [0, 0.05) is 16.9 Å². The predicted molar refractivity (Wildman–Crippen MR) is 143 cm³/mol. The SMILES string of the molecule is Cc1cccc(C)c1NC(=S)N/N=C/c1ccc2c(c1)OCc1c-2ncn1-c1ccc(OC(F)(F)F)cc1. The summed E-state index contributed by atoms with van der Waals surface area (Å²) in [5.74, 6) is 0.360. The van der Waals surface area contributed by atoms with Crippen LogP contribution in [0, 0.1) is 13.8 Å². The van der Waals surface area contributed by atoms with E-state index in [0.29, 0.717) is 16.5 Å². The molecule has 0 radical (unpaired) electrons. The van der Waals surface area contributed by atoms with E-state index in [1.165, 1.54) is 24.3 Å². The number of nitrogens with one attached hydrogen (secondary N) is 2. The summed E-state index contributed by atoms with van der Waals surface area (Å²) in [6.07, 6.45) is -1.48. The molecule has 0 saturated heterocycles. The Morgan fingerprint density at radius 2 is 1.84 bits per heavy atom. The van der Waals surface area contributed by atoms with Gasteiger partial charge in [-0.15, -0.1) is 13.2 Å². The standard InChI is InChI=1S/C27H22F3N5O2S/c1-16-4-3-5-17(2)24(16)33-26(38)34-32-13-18-6-11-21-23(12-18)36-14-22-25(21)31-15-35(22)19-7-9-20(10-8-19)37-27(28,29)30/h3-13,15H,14H2,1-2H3,(H2,33,34,38)/b32-13+. The predicted octanol–water partition coefficient (Wildman–Crippen LogP) is 6.27. The Hall–Kier alpha value is -4.38. The molecule has 194 valence electrons. The highest BCUT2D eigenvalue weighted by Crippen LogP contribution is 2.38. The van der Waals surface area contributed by atoms with Crippen molar-refractivity contribution in [3.8, 4) is 28.4 Å². The molecule has 0 atom stereocenters. The van der Waals surface area contributed by atoms with Crippen molar-refractivity contribution >= 4 is 29.2 Å². The number of aromatic nitrogens is 2. The second kappa shape index (κ2) is 10.2. The molecule has 1 aromatic heterocycles. The Kier molecular flexibility index (Phi) is 6.77. The highest BCUT2D eigenvalue weighted by molar-refractivity contribution is 7.80. The first kappa shape index (κ1) is 25.3. The zero-order valence-electron chi connectivity index (χ0n) is 20.3. The molecule has 0 unspecified atom stereocenters. The lowest BCUT2D eigenvalue weighted by Gasteiger charge is -2.19. The minimum absolute atomic E-state index is 0.242. The van der Waals surface area contributed by atoms with Gasteiger partial charge in [-0.3, -0.25) is 9.99 Å². The van der Waals surface area contributed by atoms with Crippen molar-refractivity contribution in [3.63, 3.8) is 0 Å².